The summed E-state index contributed by atoms with van der Waals surface area (Å²) in [6, 6.07) is 9.58. The van der Waals surface area contributed by atoms with Gasteiger partial charge in [0.1, 0.15) is 6.10 Å². The average molecular weight is 271 g/mol. The molecule has 1 aromatic heterocycles. The number of methoxy groups -OCH3 is 1. The van der Waals surface area contributed by atoms with Crippen LogP contribution in [-0.4, -0.2) is 30.3 Å². The summed E-state index contributed by atoms with van der Waals surface area (Å²) in [6.07, 6.45) is 4.31. The second-order valence-electron chi connectivity index (χ2n) is 5.03. The molecule has 2 aromatic rings. The van der Waals surface area contributed by atoms with E-state index >= 15 is 0 Å². The van der Waals surface area contributed by atoms with Gasteiger partial charge in [0.05, 0.1) is 6.10 Å². The molecule has 104 valence electrons. The Morgan fingerprint density at radius 3 is 2.85 bits per heavy atom. The molecule has 4 heteroatoms. The molecule has 0 aliphatic heterocycles. The molecule has 0 spiro atoms. The number of hydrogen-bond donors (Lipinski definition) is 0. The van der Waals surface area contributed by atoms with Crippen LogP contribution in [0.15, 0.2) is 36.5 Å². The average Bonchev–Trinajstić information content (AvgIpc) is 2.93. The van der Waals surface area contributed by atoms with Crippen LogP contribution in [0.5, 0.6) is 0 Å². The van der Waals surface area contributed by atoms with Gasteiger partial charge in [0.25, 0.3) is 0 Å². The predicted molar refractivity (Wildman–Crippen MR) is 75.6 cm³/mol. The Morgan fingerprint density at radius 2 is 2.00 bits per heavy atom. The van der Waals surface area contributed by atoms with Crippen molar-refractivity contribution in [2.75, 3.05) is 7.11 Å². The Kier molecular flexibility index (Phi) is 3.65. The third-order valence-corrected chi connectivity index (χ3v) is 3.82. The third-order valence-electron chi connectivity index (χ3n) is 3.82. The van der Waals surface area contributed by atoms with Crippen molar-refractivity contribution >= 4 is 16.7 Å². The first-order valence-electron chi connectivity index (χ1n) is 6.87. The largest absolute Gasteiger partial charge is 0.455 e. The van der Waals surface area contributed by atoms with Crippen LogP contribution in [-0.2, 0) is 9.47 Å². The Morgan fingerprint density at radius 1 is 1.20 bits per heavy atom. The highest BCUT2D eigenvalue weighted by Gasteiger charge is 2.31. The summed E-state index contributed by atoms with van der Waals surface area (Å²) in [5.74, 6) is -0.365. The fourth-order valence-electron chi connectivity index (χ4n) is 2.77. The third kappa shape index (κ3) is 2.39. The molecule has 0 bridgehead atoms. The first-order chi connectivity index (χ1) is 9.79. The lowest BCUT2D eigenvalue weighted by molar-refractivity contribution is -0.0209. The van der Waals surface area contributed by atoms with E-state index in [9.17, 15) is 4.79 Å². The summed E-state index contributed by atoms with van der Waals surface area (Å²) in [5, 5.41) is 1.82. The van der Waals surface area contributed by atoms with E-state index in [-0.39, 0.29) is 18.2 Å². The van der Waals surface area contributed by atoms with Crippen LogP contribution in [0.3, 0.4) is 0 Å². The zero-order valence-corrected chi connectivity index (χ0v) is 11.4. The van der Waals surface area contributed by atoms with E-state index in [2.05, 4.69) is 4.98 Å². The van der Waals surface area contributed by atoms with E-state index in [1.54, 1.807) is 13.3 Å². The number of nitrogens with zero attached hydrogens (tertiary/aromatic N) is 1. The molecule has 20 heavy (non-hydrogen) atoms. The van der Waals surface area contributed by atoms with E-state index in [0.29, 0.717) is 5.69 Å². The number of fused-ring (bicyclic) bond motifs is 1. The summed E-state index contributed by atoms with van der Waals surface area (Å²) in [7, 11) is 1.66. The van der Waals surface area contributed by atoms with E-state index in [1.807, 2.05) is 30.3 Å². The van der Waals surface area contributed by atoms with Crippen LogP contribution in [0.2, 0.25) is 0 Å². The van der Waals surface area contributed by atoms with Crippen molar-refractivity contribution in [1.82, 2.24) is 4.98 Å². The normalized spacial score (nSPS) is 22.1. The molecule has 4 nitrogen and oxygen atoms in total. The van der Waals surface area contributed by atoms with Crippen molar-refractivity contribution in [3.05, 3.63) is 42.2 Å². The lowest BCUT2D eigenvalue weighted by atomic mass is 10.1. The van der Waals surface area contributed by atoms with Crippen molar-refractivity contribution in [2.45, 2.75) is 31.5 Å². The number of carbonyl (C=O) groups is 1. The highest BCUT2D eigenvalue weighted by molar-refractivity contribution is 6.02. The van der Waals surface area contributed by atoms with Gasteiger partial charge in [-0.05, 0) is 30.7 Å². The molecule has 3 rings (SSSR count). The molecule has 1 heterocycles. The van der Waals surface area contributed by atoms with Gasteiger partial charge in [-0.3, -0.25) is 0 Å². The van der Waals surface area contributed by atoms with E-state index < -0.39 is 0 Å². The zero-order valence-electron chi connectivity index (χ0n) is 11.4. The number of hydrogen-bond acceptors (Lipinski definition) is 4. The fraction of sp³-hybridized carbons (Fsp3) is 0.375. The highest BCUT2D eigenvalue weighted by Crippen LogP contribution is 2.26. The molecular formula is C16H17NO3. The summed E-state index contributed by atoms with van der Waals surface area (Å²) in [5.41, 5.74) is 0.379. The molecule has 1 fully saturated rings. The van der Waals surface area contributed by atoms with Gasteiger partial charge in [0, 0.05) is 18.7 Å². The van der Waals surface area contributed by atoms with Crippen molar-refractivity contribution in [2.24, 2.45) is 0 Å². The molecule has 1 aromatic carbocycles. The lowest BCUT2D eigenvalue weighted by Gasteiger charge is -2.18. The number of carbonyl (C=O) groups excluding carboxylic acids is 1. The van der Waals surface area contributed by atoms with Crippen LogP contribution in [0.4, 0.5) is 0 Å². The lowest BCUT2D eigenvalue weighted by Crippen LogP contribution is -2.28. The SMILES string of the molecule is CO[C@@H]1CCC[C@H]1OC(=O)c1nccc2ccccc12. The first kappa shape index (κ1) is 13.1. The molecule has 0 unspecified atom stereocenters. The molecule has 0 radical (unpaired) electrons. The van der Waals surface area contributed by atoms with E-state index in [1.165, 1.54) is 0 Å². The van der Waals surface area contributed by atoms with Gasteiger partial charge >= 0.3 is 5.97 Å². The first-order valence-corrected chi connectivity index (χ1v) is 6.87. The minimum Gasteiger partial charge on any atom is -0.455 e. The van der Waals surface area contributed by atoms with Crippen LogP contribution < -0.4 is 0 Å². The topological polar surface area (TPSA) is 48.4 Å². The number of ether oxygens (including phenoxy) is 2. The van der Waals surface area contributed by atoms with Crippen molar-refractivity contribution < 1.29 is 14.3 Å². The van der Waals surface area contributed by atoms with Crippen LogP contribution in [0, 0.1) is 0 Å². The molecule has 1 saturated carbocycles. The van der Waals surface area contributed by atoms with Gasteiger partial charge in [-0.15, -0.1) is 0 Å². The second kappa shape index (κ2) is 5.59. The van der Waals surface area contributed by atoms with Crippen LogP contribution in [0.1, 0.15) is 29.8 Å². The summed E-state index contributed by atoms with van der Waals surface area (Å²) in [6.45, 7) is 0. The fourth-order valence-corrected chi connectivity index (χ4v) is 2.77. The van der Waals surface area contributed by atoms with Crippen LogP contribution >= 0.6 is 0 Å². The maximum absolute atomic E-state index is 12.3. The van der Waals surface area contributed by atoms with Crippen molar-refractivity contribution in [1.29, 1.82) is 0 Å². The number of pyridine rings is 1. The molecule has 0 N–H and O–H groups in total. The standard InChI is InChI=1S/C16H17NO3/c1-19-13-7-4-8-14(13)20-16(18)15-12-6-3-2-5-11(12)9-10-17-15/h2-3,5-6,9-10,13-14H,4,7-8H2,1H3/t13-,14-/m1/s1. The summed E-state index contributed by atoms with van der Waals surface area (Å²) >= 11 is 0. The quantitative estimate of drug-likeness (QED) is 0.805. The zero-order chi connectivity index (χ0) is 13.9. The Hall–Kier alpha value is -1.94. The Bertz CT molecular complexity index is 621. The number of esters is 1. The smallest absolute Gasteiger partial charge is 0.357 e. The van der Waals surface area contributed by atoms with Crippen molar-refractivity contribution in [3.63, 3.8) is 0 Å². The summed E-state index contributed by atoms with van der Waals surface area (Å²) < 4.78 is 10.9. The van der Waals surface area contributed by atoms with E-state index in [0.717, 1.165) is 30.0 Å². The molecule has 2 atom stereocenters. The van der Waals surface area contributed by atoms with Gasteiger partial charge in [-0.1, -0.05) is 24.3 Å². The summed E-state index contributed by atoms with van der Waals surface area (Å²) in [4.78, 5) is 16.5. The van der Waals surface area contributed by atoms with Gasteiger partial charge in [-0.2, -0.15) is 0 Å². The molecule has 1 aliphatic rings. The monoisotopic (exact) mass is 271 g/mol. The number of benzene rings is 1. The second-order valence-corrected chi connectivity index (χ2v) is 5.03. The minimum absolute atomic E-state index is 0.00827. The van der Waals surface area contributed by atoms with E-state index in [4.69, 9.17) is 9.47 Å². The molecule has 0 saturated heterocycles. The van der Waals surface area contributed by atoms with Gasteiger partial charge in [-0.25, -0.2) is 9.78 Å². The molecule has 1 aliphatic carbocycles. The highest BCUT2D eigenvalue weighted by atomic mass is 16.6. The minimum atomic E-state index is -0.365. The van der Waals surface area contributed by atoms with Gasteiger partial charge < -0.3 is 9.47 Å². The molecular weight excluding hydrogens is 254 g/mol. The van der Waals surface area contributed by atoms with Crippen molar-refractivity contribution in [3.8, 4) is 0 Å². The van der Waals surface area contributed by atoms with Gasteiger partial charge in [0.15, 0.2) is 5.69 Å². The van der Waals surface area contributed by atoms with Gasteiger partial charge in [0.2, 0.25) is 0 Å². The van der Waals surface area contributed by atoms with Crippen LogP contribution in [0.25, 0.3) is 10.8 Å². The molecule has 0 amide bonds. The number of aromatic nitrogens is 1. The Labute approximate surface area is 117 Å². The maximum atomic E-state index is 12.3. The number of rotatable bonds is 3. The Balaban J connectivity index is 1.86. The predicted octanol–water partition coefficient (Wildman–Crippen LogP) is 2.96. The maximum Gasteiger partial charge on any atom is 0.357 e.